The van der Waals surface area contributed by atoms with Crippen LogP contribution in [0.25, 0.3) is 6.08 Å². The number of rotatable bonds is 3. The first-order valence-electron chi connectivity index (χ1n) is 4.66. The summed E-state index contributed by atoms with van der Waals surface area (Å²) in [6.45, 7) is 3.59. The number of allylic oxidation sites excluding steroid dienone is 2. The van der Waals surface area contributed by atoms with Crippen LogP contribution in [0, 0.1) is 22.7 Å². The molecule has 0 saturated carbocycles. The van der Waals surface area contributed by atoms with Crippen LogP contribution in [0.1, 0.15) is 11.1 Å². The molecule has 1 N–H and O–H groups in total. The van der Waals surface area contributed by atoms with Crippen LogP contribution in [-0.4, -0.2) is 5.11 Å². The van der Waals surface area contributed by atoms with Gasteiger partial charge < -0.3 is 5.11 Å². The Morgan fingerprint density at radius 3 is 2.62 bits per heavy atom. The number of hydrogen-bond donors (Lipinski definition) is 1. The largest absolute Gasteiger partial charge is 0.508 e. The molecule has 0 bridgehead atoms. The van der Waals surface area contributed by atoms with E-state index in [-0.39, 0.29) is 11.3 Å². The smallest absolute Gasteiger partial charge is 0.130 e. The number of phenolic OH excluding ortho intramolecular Hbond substituents is 1. The lowest BCUT2D eigenvalue weighted by Crippen LogP contribution is -1.84. The van der Waals surface area contributed by atoms with Crippen molar-refractivity contribution in [2.45, 2.75) is 6.42 Å². The van der Waals surface area contributed by atoms with E-state index < -0.39 is 0 Å². The van der Waals surface area contributed by atoms with Gasteiger partial charge in [-0.3, -0.25) is 0 Å². The van der Waals surface area contributed by atoms with Gasteiger partial charge in [0, 0.05) is 0 Å². The zero-order valence-corrected chi connectivity index (χ0v) is 8.64. The molecule has 0 heterocycles. The minimum Gasteiger partial charge on any atom is -0.508 e. The maximum atomic E-state index is 9.52. The van der Waals surface area contributed by atoms with E-state index >= 15 is 0 Å². The highest BCUT2D eigenvalue weighted by molar-refractivity contribution is 5.63. The van der Waals surface area contributed by atoms with Crippen LogP contribution in [0.5, 0.6) is 5.75 Å². The molecule has 1 rings (SSSR count). The fraction of sp³-hybridized carbons (Fsp3) is 0.0769. The van der Waals surface area contributed by atoms with Crippen molar-refractivity contribution < 1.29 is 5.11 Å². The fourth-order valence-electron chi connectivity index (χ4n) is 1.27. The summed E-state index contributed by atoms with van der Waals surface area (Å²) in [7, 11) is 0. The molecule has 1 aromatic rings. The Bertz CT molecular complexity index is 500. The van der Waals surface area contributed by atoms with Crippen molar-refractivity contribution in [1.82, 2.24) is 0 Å². The molecule has 3 nitrogen and oxygen atoms in total. The van der Waals surface area contributed by atoms with Gasteiger partial charge in [-0.15, -0.1) is 6.58 Å². The molecule has 0 unspecified atom stereocenters. The molecule has 0 atom stereocenters. The second kappa shape index (κ2) is 5.38. The third kappa shape index (κ3) is 2.73. The minimum absolute atomic E-state index is 0.0373. The van der Waals surface area contributed by atoms with Crippen LogP contribution >= 0.6 is 0 Å². The fourth-order valence-corrected chi connectivity index (χ4v) is 1.27. The quantitative estimate of drug-likeness (QED) is 0.615. The van der Waals surface area contributed by atoms with Crippen LogP contribution in [0.3, 0.4) is 0 Å². The lowest BCUT2D eigenvalue weighted by atomic mass is 10.1. The molecule has 0 aromatic heterocycles. The molecule has 0 fully saturated rings. The molecule has 0 amide bonds. The first-order chi connectivity index (χ1) is 7.71. The summed E-state index contributed by atoms with van der Waals surface area (Å²) < 4.78 is 0. The first-order valence-corrected chi connectivity index (χ1v) is 4.66. The zero-order chi connectivity index (χ0) is 12.0. The first kappa shape index (κ1) is 11.6. The standard InChI is InChI=1S/C13H10N2O/c1-2-3-12-7-10(4-5-13(12)16)6-11(8-14)9-15/h2,4-7,16H,1,3H2. The molecule has 0 radical (unpaired) electrons. The molecule has 0 spiro atoms. The van der Waals surface area contributed by atoms with E-state index in [1.54, 1.807) is 30.3 Å². The molecule has 78 valence electrons. The van der Waals surface area contributed by atoms with Crippen molar-refractivity contribution in [2.75, 3.05) is 0 Å². The summed E-state index contributed by atoms with van der Waals surface area (Å²) in [6.07, 6.45) is 3.70. The Morgan fingerprint density at radius 1 is 1.38 bits per heavy atom. The van der Waals surface area contributed by atoms with E-state index in [0.717, 1.165) is 5.56 Å². The molecule has 0 aliphatic heterocycles. The number of hydrogen-bond acceptors (Lipinski definition) is 3. The highest BCUT2D eigenvalue weighted by Gasteiger charge is 2.01. The number of nitriles is 2. The Kier molecular flexibility index (Phi) is 3.89. The van der Waals surface area contributed by atoms with Gasteiger partial charge in [-0.25, -0.2) is 0 Å². The lowest BCUT2D eigenvalue weighted by Gasteiger charge is -2.02. The monoisotopic (exact) mass is 210 g/mol. The van der Waals surface area contributed by atoms with Crippen LogP contribution in [0.4, 0.5) is 0 Å². The molecule has 3 heteroatoms. The average Bonchev–Trinajstić information content (AvgIpc) is 2.30. The molecule has 1 aromatic carbocycles. The summed E-state index contributed by atoms with van der Waals surface area (Å²) in [5, 5.41) is 26.7. The molecule has 0 saturated heterocycles. The second-order valence-electron chi connectivity index (χ2n) is 3.16. The van der Waals surface area contributed by atoms with E-state index in [4.69, 9.17) is 10.5 Å². The predicted octanol–water partition coefficient (Wildman–Crippen LogP) is 2.55. The second-order valence-corrected chi connectivity index (χ2v) is 3.16. The van der Waals surface area contributed by atoms with Gasteiger partial charge in [0.1, 0.15) is 23.5 Å². The summed E-state index contributed by atoms with van der Waals surface area (Å²) in [5.74, 6) is 0.188. The maximum Gasteiger partial charge on any atom is 0.130 e. The van der Waals surface area contributed by atoms with Crippen molar-refractivity contribution in [2.24, 2.45) is 0 Å². The SMILES string of the molecule is C=CCc1cc(C=C(C#N)C#N)ccc1O. The van der Waals surface area contributed by atoms with Gasteiger partial charge in [-0.2, -0.15) is 10.5 Å². The van der Waals surface area contributed by atoms with Crippen molar-refractivity contribution in [3.05, 3.63) is 47.6 Å². The van der Waals surface area contributed by atoms with Gasteiger partial charge in [-0.05, 0) is 35.8 Å². The van der Waals surface area contributed by atoms with Crippen molar-refractivity contribution >= 4 is 6.08 Å². The van der Waals surface area contributed by atoms with Gasteiger partial charge >= 0.3 is 0 Å². The Morgan fingerprint density at radius 2 is 2.06 bits per heavy atom. The average molecular weight is 210 g/mol. The third-order valence-corrected chi connectivity index (χ3v) is 2.02. The molecule has 0 aliphatic rings. The summed E-state index contributed by atoms with van der Waals surface area (Å²) in [6, 6.07) is 8.48. The number of phenols is 1. The Labute approximate surface area is 94.2 Å². The van der Waals surface area contributed by atoms with Crippen molar-refractivity contribution in [1.29, 1.82) is 10.5 Å². The Balaban J connectivity index is 3.14. The van der Waals surface area contributed by atoms with E-state index in [9.17, 15) is 5.11 Å². The summed E-state index contributed by atoms with van der Waals surface area (Å²) >= 11 is 0. The topological polar surface area (TPSA) is 67.8 Å². The van der Waals surface area contributed by atoms with Crippen LogP contribution in [-0.2, 0) is 6.42 Å². The van der Waals surface area contributed by atoms with E-state index in [1.165, 1.54) is 12.1 Å². The zero-order valence-electron chi connectivity index (χ0n) is 8.64. The van der Waals surface area contributed by atoms with Gasteiger partial charge in [0.25, 0.3) is 0 Å². The molecular formula is C13H10N2O. The van der Waals surface area contributed by atoms with E-state index in [0.29, 0.717) is 12.0 Å². The number of nitrogens with zero attached hydrogens (tertiary/aromatic N) is 2. The predicted molar refractivity (Wildman–Crippen MR) is 61.2 cm³/mol. The summed E-state index contributed by atoms with van der Waals surface area (Å²) in [5.41, 5.74) is 1.47. The Hall–Kier alpha value is -2.52. The van der Waals surface area contributed by atoms with Gasteiger partial charge in [0.2, 0.25) is 0 Å². The van der Waals surface area contributed by atoms with E-state index in [2.05, 4.69) is 6.58 Å². The molecule has 0 aliphatic carbocycles. The van der Waals surface area contributed by atoms with Crippen LogP contribution in [0.15, 0.2) is 36.4 Å². The number of benzene rings is 1. The van der Waals surface area contributed by atoms with Crippen molar-refractivity contribution in [3.8, 4) is 17.9 Å². The third-order valence-electron chi connectivity index (χ3n) is 2.02. The molecule has 16 heavy (non-hydrogen) atoms. The molecular weight excluding hydrogens is 200 g/mol. The van der Waals surface area contributed by atoms with Crippen molar-refractivity contribution in [3.63, 3.8) is 0 Å². The minimum atomic E-state index is 0.0373. The van der Waals surface area contributed by atoms with Crippen LogP contribution in [0.2, 0.25) is 0 Å². The summed E-state index contributed by atoms with van der Waals surface area (Å²) in [4.78, 5) is 0. The maximum absolute atomic E-state index is 9.52. The number of aromatic hydroxyl groups is 1. The van der Waals surface area contributed by atoms with E-state index in [1.807, 2.05) is 0 Å². The van der Waals surface area contributed by atoms with Gasteiger partial charge in [-0.1, -0.05) is 12.1 Å². The lowest BCUT2D eigenvalue weighted by molar-refractivity contribution is 0.469. The van der Waals surface area contributed by atoms with Gasteiger partial charge in [0.15, 0.2) is 0 Å². The highest BCUT2D eigenvalue weighted by atomic mass is 16.3. The van der Waals surface area contributed by atoms with Crippen LogP contribution < -0.4 is 0 Å². The highest BCUT2D eigenvalue weighted by Crippen LogP contribution is 2.20. The normalized spacial score (nSPS) is 8.62. The van der Waals surface area contributed by atoms with Gasteiger partial charge in [0.05, 0.1) is 0 Å².